The van der Waals surface area contributed by atoms with Crippen LogP contribution in [-0.4, -0.2) is 0 Å². The molecule has 1 atom stereocenters. The molecule has 1 aromatic heterocycles. The molecule has 2 aromatic carbocycles. The summed E-state index contributed by atoms with van der Waals surface area (Å²) < 4.78 is 6.24. The van der Waals surface area contributed by atoms with Crippen molar-refractivity contribution in [1.82, 2.24) is 0 Å². The van der Waals surface area contributed by atoms with Crippen LogP contribution >= 0.6 is 15.9 Å². The van der Waals surface area contributed by atoms with Crippen LogP contribution in [0.2, 0.25) is 0 Å². The SMILES string of the molecule is NC(Cc1cccc2ccccc12)c1ccc(Br)o1. The number of halogens is 1. The highest BCUT2D eigenvalue weighted by molar-refractivity contribution is 9.10. The molecule has 0 aliphatic carbocycles. The second-order valence-corrected chi connectivity index (χ2v) is 5.37. The van der Waals surface area contributed by atoms with E-state index >= 15 is 0 Å². The van der Waals surface area contributed by atoms with E-state index in [1.54, 1.807) is 0 Å². The normalized spacial score (nSPS) is 12.7. The lowest BCUT2D eigenvalue weighted by atomic mass is 9.98. The van der Waals surface area contributed by atoms with Gasteiger partial charge in [0, 0.05) is 0 Å². The van der Waals surface area contributed by atoms with Crippen molar-refractivity contribution in [3.63, 3.8) is 0 Å². The third-order valence-corrected chi connectivity index (χ3v) is 3.71. The van der Waals surface area contributed by atoms with E-state index in [1.165, 1.54) is 16.3 Å². The van der Waals surface area contributed by atoms with Gasteiger partial charge in [-0.05, 0) is 50.8 Å². The van der Waals surface area contributed by atoms with E-state index in [0.29, 0.717) is 0 Å². The summed E-state index contributed by atoms with van der Waals surface area (Å²) in [4.78, 5) is 0. The zero-order valence-electron chi connectivity index (χ0n) is 10.3. The Bertz CT molecular complexity index is 699. The number of fused-ring (bicyclic) bond motifs is 1. The summed E-state index contributed by atoms with van der Waals surface area (Å²) in [6.45, 7) is 0. The molecule has 0 saturated heterocycles. The molecule has 3 aromatic rings. The van der Waals surface area contributed by atoms with Gasteiger partial charge in [-0.1, -0.05) is 42.5 Å². The molecule has 1 unspecified atom stereocenters. The van der Waals surface area contributed by atoms with Crippen molar-refractivity contribution in [1.29, 1.82) is 0 Å². The Morgan fingerprint density at radius 1 is 1.00 bits per heavy atom. The fourth-order valence-electron chi connectivity index (χ4n) is 2.34. The smallest absolute Gasteiger partial charge is 0.169 e. The Morgan fingerprint density at radius 3 is 2.58 bits per heavy atom. The Hall–Kier alpha value is -1.58. The second kappa shape index (κ2) is 5.19. The number of benzene rings is 2. The van der Waals surface area contributed by atoms with Crippen molar-refractivity contribution in [2.24, 2.45) is 5.73 Å². The highest BCUT2D eigenvalue weighted by Crippen LogP contribution is 2.25. The van der Waals surface area contributed by atoms with Crippen LogP contribution in [0.5, 0.6) is 0 Å². The lowest BCUT2D eigenvalue weighted by Gasteiger charge is -2.11. The van der Waals surface area contributed by atoms with Crippen LogP contribution in [0.15, 0.2) is 63.7 Å². The van der Waals surface area contributed by atoms with Gasteiger partial charge in [0.15, 0.2) is 4.67 Å². The lowest BCUT2D eigenvalue weighted by Crippen LogP contribution is -2.12. The summed E-state index contributed by atoms with van der Waals surface area (Å²) in [6.07, 6.45) is 0.765. The minimum absolute atomic E-state index is 0.128. The Kier molecular flexibility index (Phi) is 3.40. The number of hydrogen-bond donors (Lipinski definition) is 1. The summed E-state index contributed by atoms with van der Waals surface area (Å²) in [7, 11) is 0. The van der Waals surface area contributed by atoms with Gasteiger partial charge in [-0.3, -0.25) is 0 Å². The van der Waals surface area contributed by atoms with Gasteiger partial charge in [-0.2, -0.15) is 0 Å². The van der Waals surface area contributed by atoms with Gasteiger partial charge in [0.25, 0.3) is 0 Å². The van der Waals surface area contributed by atoms with Gasteiger partial charge in [-0.25, -0.2) is 0 Å². The maximum Gasteiger partial charge on any atom is 0.169 e. The molecule has 1 heterocycles. The molecule has 0 aliphatic heterocycles. The maximum atomic E-state index is 6.22. The van der Waals surface area contributed by atoms with Gasteiger partial charge in [0.05, 0.1) is 6.04 Å². The van der Waals surface area contributed by atoms with Crippen LogP contribution in [0, 0.1) is 0 Å². The molecule has 0 saturated carbocycles. The van der Waals surface area contributed by atoms with Gasteiger partial charge in [0.1, 0.15) is 5.76 Å². The van der Waals surface area contributed by atoms with Crippen LogP contribution in [0.1, 0.15) is 17.4 Å². The average molecular weight is 316 g/mol. The van der Waals surface area contributed by atoms with E-state index in [1.807, 2.05) is 12.1 Å². The van der Waals surface area contributed by atoms with Crippen molar-refractivity contribution in [2.45, 2.75) is 12.5 Å². The molecule has 0 aliphatic rings. The number of nitrogens with two attached hydrogens (primary N) is 1. The molecule has 0 bridgehead atoms. The van der Waals surface area contributed by atoms with Crippen molar-refractivity contribution in [2.75, 3.05) is 0 Å². The topological polar surface area (TPSA) is 39.2 Å². The average Bonchev–Trinajstić information content (AvgIpc) is 2.86. The lowest BCUT2D eigenvalue weighted by molar-refractivity contribution is 0.448. The molecule has 96 valence electrons. The van der Waals surface area contributed by atoms with E-state index in [9.17, 15) is 0 Å². The van der Waals surface area contributed by atoms with Crippen LogP contribution in [0.25, 0.3) is 10.8 Å². The summed E-state index contributed by atoms with van der Waals surface area (Å²) in [5.74, 6) is 0.805. The zero-order valence-corrected chi connectivity index (χ0v) is 11.9. The third kappa shape index (κ3) is 2.57. The first-order valence-corrected chi connectivity index (χ1v) is 7.01. The minimum Gasteiger partial charge on any atom is -0.453 e. The molecule has 19 heavy (non-hydrogen) atoms. The van der Waals surface area contributed by atoms with E-state index in [-0.39, 0.29) is 6.04 Å². The van der Waals surface area contributed by atoms with Gasteiger partial charge in [-0.15, -0.1) is 0 Å². The molecule has 2 N–H and O–H groups in total. The molecule has 3 rings (SSSR count). The van der Waals surface area contributed by atoms with Crippen molar-refractivity contribution in [3.8, 4) is 0 Å². The minimum atomic E-state index is -0.128. The quantitative estimate of drug-likeness (QED) is 0.776. The van der Waals surface area contributed by atoms with Crippen molar-refractivity contribution in [3.05, 3.63) is 70.6 Å². The van der Waals surface area contributed by atoms with Crippen LogP contribution in [0.3, 0.4) is 0 Å². The van der Waals surface area contributed by atoms with Crippen LogP contribution < -0.4 is 5.73 Å². The molecule has 0 radical (unpaired) electrons. The van der Waals surface area contributed by atoms with Gasteiger partial charge in [0.2, 0.25) is 0 Å². The molecule has 2 nitrogen and oxygen atoms in total. The fourth-order valence-corrected chi connectivity index (χ4v) is 2.65. The molecule has 3 heteroatoms. The second-order valence-electron chi connectivity index (χ2n) is 4.59. The first kappa shape index (κ1) is 12.5. The fraction of sp³-hybridized carbons (Fsp3) is 0.125. The van der Waals surface area contributed by atoms with Crippen LogP contribution in [-0.2, 0) is 6.42 Å². The van der Waals surface area contributed by atoms with E-state index in [4.69, 9.17) is 10.2 Å². The monoisotopic (exact) mass is 315 g/mol. The first-order valence-electron chi connectivity index (χ1n) is 6.21. The van der Waals surface area contributed by atoms with E-state index in [0.717, 1.165) is 16.9 Å². The summed E-state index contributed by atoms with van der Waals surface area (Å²) in [5.41, 5.74) is 7.47. The van der Waals surface area contributed by atoms with Gasteiger partial charge < -0.3 is 10.2 Å². The van der Waals surface area contributed by atoms with Crippen molar-refractivity contribution >= 4 is 26.7 Å². The third-order valence-electron chi connectivity index (χ3n) is 3.28. The molecule has 0 amide bonds. The Morgan fingerprint density at radius 2 is 1.79 bits per heavy atom. The summed E-state index contributed by atoms with van der Waals surface area (Å²) in [6, 6.07) is 18.3. The number of hydrogen-bond acceptors (Lipinski definition) is 2. The predicted molar refractivity (Wildman–Crippen MR) is 81.0 cm³/mol. The predicted octanol–water partition coefficient (Wildman–Crippen LogP) is 4.44. The molecular weight excluding hydrogens is 302 g/mol. The highest BCUT2D eigenvalue weighted by Gasteiger charge is 2.12. The molecular formula is C16H14BrNO. The molecule has 0 fully saturated rings. The van der Waals surface area contributed by atoms with Crippen LogP contribution in [0.4, 0.5) is 0 Å². The Labute approximate surface area is 120 Å². The molecule has 0 spiro atoms. The Balaban J connectivity index is 1.93. The highest BCUT2D eigenvalue weighted by atomic mass is 79.9. The summed E-state index contributed by atoms with van der Waals surface area (Å²) in [5, 5.41) is 2.50. The van der Waals surface area contributed by atoms with Gasteiger partial charge >= 0.3 is 0 Å². The first-order chi connectivity index (χ1) is 9.24. The van der Waals surface area contributed by atoms with E-state index < -0.39 is 0 Å². The van der Waals surface area contributed by atoms with E-state index in [2.05, 4.69) is 58.4 Å². The maximum absolute atomic E-state index is 6.22. The number of rotatable bonds is 3. The number of furan rings is 1. The van der Waals surface area contributed by atoms with Crippen molar-refractivity contribution < 1.29 is 4.42 Å². The standard InChI is InChI=1S/C16H14BrNO/c17-16-9-8-15(19-16)14(18)10-12-6-3-5-11-4-1-2-7-13(11)12/h1-9,14H,10,18H2. The summed E-state index contributed by atoms with van der Waals surface area (Å²) >= 11 is 3.30. The zero-order chi connectivity index (χ0) is 13.2. The largest absolute Gasteiger partial charge is 0.453 e.